The van der Waals surface area contributed by atoms with Gasteiger partial charge in [0.15, 0.2) is 0 Å². The summed E-state index contributed by atoms with van der Waals surface area (Å²) < 4.78 is 15.9. The first-order chi connectivity index (χ1) is 29.2. The van der Waals surface area contributed by atoms with Gasteiger partial charge in [0.2, 0.25) is 11.9 Å². The number of piperidine rings is 2. The highest BCUT2D eigenvalue weighted by Gasteiger charge is 2.41. The number of hydrogen-bond acceptors (Lipinski definition) is 10. The third kappa shape index (κ3) is 7.72. The third-order valence-electron chi connectivity index (χ3n) is 12.1. The van der Waals surface area contributed by atoms with E-state index in [1.165, 1.54) is 29.6 Å². The van der Waals surface area contributed by atoms with Gasteiger partial charge in [-0.05, 0) is 55.2 Å². The molecule has 5 aromatic rings. The van der Waals surface area contributed by atoms with Crippen LogP contribution in [0.3, 0.4) is 0 Å². The number of benzene rings is 1. The zero-order valence-electron chi connectivity index (χ0n) is 33.6. The topological polar surface area (TPSA) is 249 Å². The van der Waals surface area contributed by atoms with E-state index < -0.39 is 35.5 Å². The minimum Gasteiger partial charge on any atom is -0.383 e. The fourth-order valence-corrected chi connectivity index (χ4v) is 9.03. The molecular weight excluding hydrogens is 805 g/mol. The van der Waals surface area contributed by atoms with Crippen molar-refractivity contribution in [3.63, 3.8) is 0 Å². The number of halogens is 2. The maximum atomic E-state index is 14.3. The van der Waals surface area contributed by atoms with E-state index in [1.807, 2.05) is 26.8 Å². The number of hydrogen-bond donors (Lipinski definition) is 6. The van der Waals surface area contributed by atoms with Gasteiger partial charge >= 0.3 is 23.6 Å². The van der Waals surface area contributed by atoms with Crippen molar-refractivity contribution in [3.05, 3.63) is 77.1 Å². The second-order valence-corrected chi connectivity index (χ2v) is 16.7. The first-order valence-electron chi connectivity index (χ1n) is 20.0. The van der Waals surface area contributed by atoms with Crippen molar-refractivity contribution in [1.82, 2.24) is 35.1 Å². The summed E-state index contributed by atoms with van der Waals surface area (Å²) in [5.41, 5.74) is 14.9. The first kappa shape index (κ1) is 40.9. The number of likely N-dealkylation sites (tertiary alicyclic amines) is 2. The van der Waals surface area contributed by atoms with Crippen molar-refractivity contribution in [2.75, 3.05) is 35.2 Å². The number of carbonyl (C=O) groups excluding carboxylic acids is 4. The lowest BCUT2D eigenvalue weighted by molar-refractivity contribution is -0.653. The van der Waals surface area contributed by atoms with E-state index in [1.54, 1.807) is 34.0 Å². The van der Waals surface area contributed by atoms with Gasteiger partial charge < -0.3 is 31.9 Å². The van der Waals surface area contributed by atoms with Crippen LogP contribution in [0.5, 0.6) is 0 Å². The van der Waals surface area contributed by atoms with Crippen molar-refractivity contribution in [2.45, 2.75) is 58.5 Å². The van der Waals surface area contributed by atoms with Crippen molar-refractivity contribution >= 4 is 80.0 Å². The van der Waals surface area contributed by atoms with Crippen molar-refractivity contribution in [2.24, 2.45) is 23.7 Å². The van der Waals surface area contributed by atoms with Crippen LogP contribution in [0.25, 0.3) is 27.5 Å². The minimum atomic E-state index is -0.885. The smallest absolute Gasteiger partial charge is 0.314 e. The van der Waals surface area contributed by atoms with E-state index in [4.69, 9.17) is 23.1 Å². The van der Waals surface area contributed by atoms with E-state index in [2.05, 4.69) is 42.0 Å². The Balaban J connectivity index is 1.06. The van der Waals surface area contributed by atoms with Crippen LogP contribution in [0.1, 0.15) is 63.6 Å². The van der Waals surface area contributed by atoms with E-state index in [0.717, 1.165) is 12.8 Å². The number of nitriles is 1. The average molecular weight is 849 g/mol. The maximum absolute atomic E-state index is 14.3. The monoisotopic (exact) mass is 848 g/mol. The summed E-state index contributed by atoms with van der Waals surface area (Å²) in [5, 5.41) is 26.5. The Kier molecular flexibility index (Phi) is 10.9. The molecule has 2 aliphatic heterocycles. The number of carbonyl (C=O) groups is 4. The van der Waals surface area contributed by atoms with Gasteiger partial charge in [0, 0.05) is 43.1 Å². The lowest BCUT2D eigenvalue weighted by Crippen LogP contribution is -2.54. The molecule has 2 fully saturated rings. The van der Waals surface area contributed by atoms with Crippen LogP contribution in [0, 0.1) is 35.0 Å². The number of fused-ring (bicyclic) bond motifs is 2. The lowest BCUT2D eigenvalue weighted by Gasteiger charge is -2.43. The highest BCUT2D eigenvalue weighted by Crippen LogP contribution is 2.40. The average Bonchev–Trinajstić information content (AvgIpc) is 3.95. The fraction of sp³-hybridized carbons (Fsp3) is 0.357. The Labute approximate surface area is 354 Å². The molecule has 6 atom stereocenters. The molecule has 8 rings (SSSR count). The molecule has 4 amide bonds. The molecule has 0 saturated carbocycles. The first-order valence-corrected chi connectivity index (χ1v) is 20.4. The van der Waals surface area contributed by atoms with Crippen LogP contribution in [0.2, 0.25) is 0 Å². The largest absolute Gasteiger partial charge is 0.383 e. The van der Waals surface area contributed by atoms with Crippen molar-refractivity contribution < 1.29 is 28.3 Å². The van der Waals surface area contributed by atoms with Crippen LogP contribution in [-0.2, 0) is 19.2 Å². The van der Waals surface area contributed by atoms with Gasteiger partial charge in [0.1, 0.15) is 28.4 Å². The summed E-state index contributed by atoms with van der Waals surface area (Å²) in [4.78, 5) is 66.6. The fourth-order valence-electron chi connectivity index (χ4n) is 8.82. The van der Waals surface area contributed by atoms with Crippen LogP contribution < -0.4 is 26.8 Å². The zero-order valence-corrected chi connectivity index (χ0v) is 34.3. The van der Waals surface area contributed by atoms with Gasteiger partial charge in [-0.3, -0.25) is 24.3 Å². The molecule has 17 nitrogen and oxygen atoms in total. The second kappa shape index (κ2) is 16.3. The number of amides is 4. The molecule has 4 aromatic heterocycles. The van der Waals surface area contributed by atoms with Gasteiger partial charge in [-0.15, -0.1) is 0 Å². The molecule has 314 valence electrons. The number of rotatable bonds is 5. The summed E-state index contributed by atoms with van der Waals surface area (Å²) in [5.74, 6) is -3.83. The van der Waals surface area contributed by atoms with E-state index in [-0.39, 0.29) is 57.8 Å². The molecule has 8 N–H and O–H groups in total. The highest BCUT2D eigenvalue weighted by molar-refractivity contribution is 6.40. The number of pyridine rings is 2. The van der Waals surface area contributed by atoms with Gasteiger partial charge in [-0.25, -0.2) is 14.4 Å². The zero-order chi connectivity index (χ0) is 43.3. The Hall–Kier alpha value is -6.87. The molecule has 1 aliphatic carbocycles. The number of H-pyrrole nitrogens is 2. The highest BCUT2D eigenvalue weighted by atomic mass is 35.5. The van der Waals surface area contributed by atoms with Gasteiger partial charge in [0.25, 0.3) is 0 Å². The molecule has 0 bridgehead atoms. The predicted octanol–water partition coefficient (Wildman–Crippen LogP) is 4.89. The number of nitrogen functional groups attached to an aromatic ring is 2. The number of nitrogens with zero attached hydrogens (tertiary/aromatic N) is 7. The second-order valence-electron chi connectivity index (χ2n) is 16.3. The van der Waals surface area contributed by atoms with Crippen LogP contribution in [0.15, 0.2) is 66.0 Å². The standard InChI is InChI=1S/C42H43ClFN13O4/c1-20-4-8-32(55(17-20)41(60)39(58)51-30-15-48-37(46)27-14-50-53-35(27)30)24-10-23(13-45)11-25(12-24)57-19-28-36(54-57)31(16-49-38(28)47)52-40(59)42(61)56-18-21(2)5-9-33(56)26-6-7-29(44)34(43)22(26)3/h6-7,10-12,14-16,19-22,26,32-33H,4-5,8-9,17-18H2,1-3H3,(H7,46,47,48,49,50,51,52,53,54,58,59,60,61)/p+1/t20-,21+,22?,26?,32+,33-/m0/s1. The van der Waals surface area contributed by atoms with Gasteiger partial charge in [-0.1, -0.05) is 43.1 Å². The molecule has 0 radical (unpaired) electrons. The molecule has 19 heteroatoms. The molecule has 0 spiro atoms. The molecular formula is C42H44ClFN13O4+. The number of nitrogens with two attached hydrogens (primary N) is 2. The van der Waals surface area contributed by atoms with Crippen molar-refractivity contribution in [1.29, 1.82) is 5.26 Å². The summed E-state index contributed by atoms with van der Waals surface area (Å²) in [6.45, 7) is 6.47. The summed E-state index contributed by atoms with van der Waals surface area (Å²) in [7, 11) is 0. The normalized spacial score (nSPS) is 23.0. The number of anilines is 4. The van der Waals surface area contributed by atoms with Crippen LogP contribution in [0.4, 0.5) is 27.4 Å². The summed E-state index contributed by atoms with van der Waals surface area (Å²) in [6, 6.07) is 6.41. The molecule has 3 aliphatic rings. The molecule has 2 saturated heterocycles. The predicted molar refractivity (Wildman–Crippen MR) is 225 cm³/mol. The van der Waals surface area contributed by atoms with E-state index in [0.29, 0.717) is 64.6 Å². The Morgan fingerprint density at radius 2 is 1.52 bits per heavy atom. The van der Waals surface area contributed by atoms with Gasteiger partial charge in [-0.2, -0.15) is 15.5 Å². The third-order valence-corrected chi connectivity index (χ3v) is 12.6. The minimum absolute atomic E-state index is 0.0948. The molecule has 6 heterocycles. The van der Waals surface area contributed by atoms with Gasteiger partial charge in [0.05, 0.1) is 63.6 Å². The Morgan fingerprint density at radius 3 is 2.23 bits per heavy atom. The molecule has 1 aromatic carbocycles. The molecule has 2 unspecified atom stereocenters. The maximum Gasteiger partial charge on any atom is 0.314 e. The molecule has 61 heavy (non-hydrogen) atoms. The Bertz CT molecular complexity index is 2720. The summed E-state index contributed by atoms with van der Waals surface area (Å²) >= 11 is 6.31. The lowest BCUT2D eigenvalue weighted by atomic mass is 9.78. The van der Waals surface area contributed by atoms with Crippen LogP contribution in [-0.4, -0.2) is 77.8 Å². The number of aromatic amines is 2. The number of allylic oxidation sites excluding steroid dienone is 3. The van der Waals surface area contributed by atoms with Crippen LogP contribution >= 0.6 is 11.6 Å². The quantitative estimate of drug-likeness (QED) is 0.103. The summed E-state index contributed by atoms with van der Waals surface area (Å²) in [6.07, 6.45) is 11.6. The SMILES string of the molecule is CC1C(Cl)=C(F)C=CC1[C@@H]1CC[C@@H](C)CN1C(=O)C(=O)Nc1cnc(N)c2c[n+](-c3cc(C#N)cc([C@H]4CC[C@H](C)CN4C(=O)C(=O)Nc4cnc(N)c5cn[nH]c45)c3)[nH]c12. The van der Waals surface area contributed by atoms with E-state index in [9.17, 15) is 28.8 Å². The number of nitrogens with one attached hydrogen (secondary N) is 4. The Morgan fingerprint density at radius 1 is 0.885 bits per heavy atom. The number of aromatic nitrogens is 6. The van der Waals surface area contributed by atoms with E-state index >= 15 is 0 Å². The van der Waals surface area contributed by atoms with Crippen molar-refractivity contribution in [3.8, 4) is 11.8 Å².